The maximum atomic E-state index is 13.4. The normalized spacial score (nSPS) is 11.2. The van der Waals surface area contributed by atoms with Crippen LogP contribution in [0.5, 0.6) is 28.9 Å². The van der Waals surface area contributed by atoms with Crippen LogP contribution in [0, 0.1) is 0 Å². The van der Waals surface area contributed by atoms with Crippen LogP contribution in [0.2, 0.25) is 0 Å². The maximum absolute atomic E-state index is 13.4. The zero-order valence-electron chi connectivity index (χ0n) is 15.2. The van der Waals surface area contributed by atoms with Crippen molar-refractivity contribution in [2.75, 3.05) is 21.3 Å². The number of nitrogens with zero attached hydrogens (tertiary/aromatic N) is 1. The van der Waals surface area contributed by atoms with Crippen molar-refractivity contribution in [2.24, 2.45) is 0 Å². The lowest BCUT2D eigenvalue weighted by Gasteiger charge is -2.14. The van der Waals surface area contributed by atoms with Crippen molar-refractivity contribution < 1.29 is 36.5 Å². The Hall–Kier alpha value is -3.36. The standard InChI is InChI=1S/C19H16F3NO5/c1-24-13-9-12(10-14(25-2)15(13)26-3)27-18-16(19(20,21)22)23-17(28-18)11-7-5-4-6-8-11/h4-10H,1-3H3. The molecule has 0 saturated carbocycles. The first-order valence-electron chi connectivity index (χ1n) is 7.98. The molecule has 9 heteroatoms. The van der Waals surface area contributed by atoms with Crippen molar-refractivity contribution in [3.63, 3.8) is 0 Å². The van der Waals surface area contributed by atoms with Crippen molar-refractivity contribution in [3.05, 3.63) is 48.2 Å². The quantitative estimate of drug-likeness (QED) is 0.573. The highest BCUT2D eigenvalue weighted by molar-refractivity contribution is 5.57. The highest BCUT2D eigenvalue weighted by atomic mass is 19.4. The van der Waals surface area contributed by atoms with Gasteiger partial charge in [0.2, 0.25) is 17.3 Å². The summed E-state index contributed by atoms with van der Waals surface area (Å²) in [6.45, 7) is 0. The van der Waals surface area contributed by atoms with Gasteiger partial charge in [-0.15, -0.1) is 0 Å². The fourth-order valence-corrected chi connectivity index (χ4v) is 2.48. The van der Waals surface area contributed by atoms with Gasteiger partial charge in [-0.05, 0) is 12.1 Å². The van der Waals surface area contributed by atoms with E-state index in [0.717, 1.165) is 0 Å². The van der Waals surface area contributed by atoms with Crippen LogP contribution in [0.25, 0.3) is 11.5 Å². The average Bonchev–Trinajstić information content (AvgIpc) is 3.12. The Labute approximate surface area is 158 Å². The molecule has 0 aliphatic carbocycles. The summed E-state index contributed by atoms with van der Waals surface area (Å²) in [5.74, 6) is -0.302. The monoisotopic (exact) mass is 395 g/mol. The highest BCUT2D eigenvalue weighted by Gasteiger charge is 2.41. The molecule has 1 aromatic heterocycles. The molecule has 0 aliphatic rings. The summed E-state index contributed by atoms with van der Waals surface area (Å²) >= 11 is 0. The van der Waals surface area contributed by atoms with E-state index in [1.54, 1.807) is 30.3 Å². The van der Waals surface area contributed by atoms with Crippen LogP contribution in [-0.4, -0.2) is 26.3 Å². The molecule has 0 amide bonds. The minimum absolute atomic E-state index is 0.00392. The second-order valence-electron chi connectivity index (χ2n) is 5.48. The minimum atomic E-state index is -4.77. The van der Waals surface area contributed by atoms with E-state index in [-0.39, 0.29) is 28.9 Å². The number of halogens is 3. The Kier molecular flexibility index (Phi) is 5.34. The van der Waals surface area contributed by atoms with Gasteiger partial charge in [-0.2, -0.15) is 13.2 Å². The molecule has 0 spiro atoms. The van der Waals surface area contributed by atoms with E-state index in [0.29, 0.717) is 5.56 Å². The van der Waals surface area contributed by atoms with Crippen molar-refractivity contribution in [2.45, 2.75) is 6.18 Å². The van der Waals surface area contributed by atoms with Crippen LogP contribution in [-0.2, 0) is 6.18 Å². The van der Waals surface area contributed by atoms with E-state index in [2.05, 4.69) is 4.98 Å². The smallest absolute Gasteiger partial charge is 0.440 e. The van der Waals surface area contributed by atoms with E-state index in [1.807, 2.05) is 0 Å². The number of methoxy groups -OCH3 is 3. The van der Waals surface area contributed by atoms with Crippen LogP contribution >= 0.6 is 0 Å². The third-order valence-electron chi connectivity index (χ3n) is 3.73. The van der Waals surface area contributed by atoms with Crippen molar-refractivity contribution in [1.82, 2.24) is 4.98 Å². The molecule has 6 nitrogen and oxygen atoms in total. The van der Waals surface area contributed by atoms with E-state index in [4.69, 9.17) is 23.4 Å². The van der Waals surface area contributed by atoms with Crippen molar-refractivity contribution >= 4 is 0 Å². The molecule has 0 aliphatic heterocycles. The summed E-state index contributed by atoms with van der Waals surface area (Å²) in [5.41, 5.74) is -0.896. The number of rotatable bonds is 6. The third-order valence-corrected chi connectivity index (χ3v) is 3.73. The van der Waals surface area contributed by atoms with Crippen LogP contribution in [0.4, 0.5) is 13.2 Å². The lowest BCUT2D eigenvalue weighted by atomic mass is 10.2. The zero-order chi connectivity index (χ0) is 20.3. The molecule has 0 radical (unpaired) electrons. The summed E-state index contributed by atoms with van der Waals surface area (Å²) in [4.78, 5) is 3.56. The van der Waals surface area contributed by atoms with Crippen molar-refractivity contribution in [3.8, 4) is 40.4 Å². The largest absolute Gasteiger partial charge is 0.493 e. The lowest BCUT2D eigenvalue weighted by molar-refractivity contribution is -0.142. The molecule has 0 unspecified atom stereocenters. The molecule has 0 atom stereocenters. The first-order chi connectivity index (χ1) is 13.4. The Morgan fingerprint density at radius 1 is 0.893 bits per heavy atom. The summed E-state index contributed by atoms with van der Waals surface area (Å²) in [6.07, 6.45) is -4.77. The first kappa shape index (κ1) is 19.4. The highest BCUT2D eigenvalue weighted by Crippen LogP contribution is 2.44. The van der Waals surface area contributed by atoms with Gasteiger partial charge < -0.3 is 23.4 Å². The number of ether oxygens (including phenoxy) is 4. The van der Waals surface area contributed by atoms with Gasteiger partial charge in [0.05, 0.1) is 21.3 Å². The number of hydrogen-bond acceptors (Lipinski definition) is 6. The SMILES string of the molecule is COc1cc(Oc2oc(-c3ccccc3)nc2C(F)(F)F)cc(OC)c1OC. The minimum Gasteiger partial charge on any atom is -0.493 e. The molecule has 0 fully saturated rings. The van der Waals surface area contributed by atoms with Gasteiger partial charge in [-0.25, -0.2) is 4.98 Å². The lowest BCUT2D eigenvalue weighted by Crippen LogP contribution is -2.07. The van der Waals surface area contributed by atoms with Crippen LogP contribution < -0.4 is 18.9 Å². The maximum Gasteiger partial charge on any atom is 0.440 e. The van der Waals surface area contributed by atoms with Gasteiger partial charge in [-0.3, -0.25) is 0 Å². The van der Waals surface area contributed by atoms with Gasteiger partial charge in [0.25, 0.3) is 0 Å². The number of hydrogen-bond donors (Lipinski definition) is 0. The van der Waals surface area contributed by atoms with E-state index >= 15 is 0 Å². The summed E-state index contributed by atoms with van der Waals surface area (Å²) in [7, 11) is 4.17. The molecular weight excluding hydrogens is 379 g/mol. The molecule has 3 aromatic rings. The van der Waals surface area contributed by atoms with E-state index in [9.17, 15) is 13.2 Å². The van der Waals surface area contributed by atoms with Gasteiger partial charge in [-0.1, -0.05) is 18.2 Å². The molecule has 2 aromatic carbocycles. The van der Waals surface area contributed by atoms with Crippen LogP contribution in [0.1, 0.15) is 5.69 Å². The fraction of sp³-hybridized carbons (Fsp3) is 0.211. The Bertz CT molecular complexity index is 929. The predicted octanol–water partition coefficient (Wildman–Crippen LogP) is 5.18. The first-order valence-corrected chi connectivity index (χ1v) is 7.98. The van der Waals surface area contributed by atoms with Gasteiger partial charge >= 0.3 is 12.1 Å². The molecule has 1 heterocycles. The second kappa shape index (κ2) is 7.71. The average molecular weight is 395 g/mol. The van der Waals surface area contributed by atoms with E-state index < -0.39 is 17.8 Å². The molecule has 148 valence electrons. The van der Waals surface area contributed by atoms with Crippen LogP contribution in [0.15, 0.2) is 46.9 Å². The fourth-order valence-electron chi connectivity index (χ4n) is 2.48. The summed E-state index contributed by atoms with van der Waals surface area (Å²) in [6, 6.07) is 10.9. The molecule has 0 bridgehead atoms. The van der Waals surface area contributed by atoms with Gasteiger partial charge in [0, 0.05) is 17.7 Å². The Morgan fingerprint density at radius 2 is 1.50 bits per heavy atom. The number of benzene rings is 2. The topological polar surface area (TPSA) is 63.0 Å². The molecular formula is C19H16F3NO5. The summed E-state index contributed by atoms with van der Waals surface area (Å²) in [5, 5.41) is 0. The second-order valence-corrected chi connectivity index (χ2v) is 5.48. The molecule has 28 heavy (non-hydrogen) atoms. The molecule has 3 rings (SSSR count). The van der Waals surface area contributed by atoms with Crippen LogP contribution in [0.3, 0.4) is 0 Å². The summed E-state index contributed by atoms with van der Waals surface area (Å²) < 4.78 is 66.4. The number of aromatic nitrogens is 1. The Balaban J connectivity index is 2.06. The van der Waals surface area contributed by atoms with Gasteiger partial charge in [0.1, 0.15) is 5.75 Å². The van der Waals surface area contributed by atoms with Crippen molar-refractivity contribution in [1.29, 1.82) is 0 Å². The van der Waals surface area contributed by atoms with E-state index in [1.165, 1.54) is 33.5 Å². The number of alkyl halides is 3. The van der Waals surface area contributed by atoms with Gasteiger partial charge in [0.15, 0.2) is 11.5 Å². The number of oxazole rings is 1. The zero-order valence-corrected chi connectivity index (χ0v) is 15.2. The predicted molar refractivity (Wildman–Crippen MR) is 93.1 cm³/mol. The molecule has 0 N–H and O–H groups in total. The molecule has 0 saturated heterocycles. The Morgan fingerprint density at radius 3 is 2.00 bits per heavy atom. The third kappa shape index (κ3) is 3.83.